The van der Waals surface area contributed by atoms with Crippen LogP contribution in [0, 0.1) is 5.82 Å². The molecule has 3 aromatic carbocycles. The number of amides is 1. The van der Waals surface area contributed by atoms with Crippen LogP contribution in [0.5, 0.6) is 11.5 Å². The van der Waals surface area contributed by atoms with Gasteiger partial charge in [0.2, 0.25) is 0 Å². The Morgan fingerprint density at radius 3 is 2.29 bits per heavy atom. The molecule has 4 rings (SSSR count). The van der Waals surface area contributed by atoms with Gasteiger partial charge in [0, 0.05) is 16.8 Å². The van der Waals surface area contributed by atoms with Crippen LogP contribution in [0.2, 0.25) is 10.0 Å². The minimum absolute atomic E-state index is 0.177. The van der Waals surface area contributed by atoms with Crippen LogP contribution in [0.25, 0.3) is 5.76 Å². The molecule has 1 saturated heterocycles. The second kappa shape index (κ2) is 9.37. The Balaban J connectivity index is 1.98. The summed E-state index contributed by atoms with van der Waals surface area (Å²) in [5.74, 6) is -2.20. The number of ether oxygens (including phenoxy) is 2. The monoisotopic (exact) mass is 501 g/mol. The van der Waals surface area contributed by atoms with Gasteiger partial charge in [-0.05, 0) is 42.5 Å². The SMILES string of the molecule is COc1ccc(/C(O)=C2\C(=O)C(=O)N(c3ccc(F)c(Cl)c3)C2c2ccccc2OC)cc1Cl. The van der Waals surface area contributed by atoms with Crippen molar-refractivity contribution in [2.45, 2.75) is 6.04 Å². The van der Waals surface area contributed by atoms with Crippen molar-refractivity contribution in [2.75, 3.05) is 19.1 Å². The normalized spacial score (nSPS) is 17.2. The lowest BCUT2D eigenvalue weighted by atomic mass is 9.94. The molecule has 1 atom stereocenters. The lowest BCUT2D eigenvalue weighted by Gasteiger charge is -2.26. The summed E-state index contributed by atoms with van der Waals surface area (Å²) in [5.41, 5.74) is 0.638. The van der Waals surface area contributed by atoms with Crippen molar-refractivity contribution in [1.29, 1.82) is 0 Å². The molecule has 0 aromatic heterocycles. The lowest BCUT2D eigenvalue weighted by molar-refractivity contribution is -0.132. The van der Waals surface area contributed by atoms with Gasteiger partial charge < -0.3 is 14.6 Å². The maximum atomic E-state index is 13.8. The number of halogens is 3. The van der Waals surface area contributed by atoms with E-state index in [1.165, 1.54) is 44.6 Å². The molecule has 1 heterocycles. The first-order chi connectivity index (χ1) is 16.3. The van der Waals surface area contributed by atoms with E-state index < -0.39 is 29.3 Å². The van der Waals surface area contributed by atoms with Crippen molar-refractivity contribution in [1.82, 2.24) is 0 Å². The number of Topliss-reactive ketones (excluding diaryl/α,β-unsaturated/α-hetero) is 1. The highest BCUT2D eigenvalue weighted by atomic mass is 35.5. The maximum absolute atomic E-state index is 13.8. The van der Waals surface area contributed by atoms with Crippen LogP contribution in [0.4, 0.5) is 10.1 Å². The van der Waals surface area contributed by atoms with Crippen LogP contribution in [-0.2, 0) is 9.59 Å². The highest BCUT2D eigenvalue weighted by molar-refractivity contribution is 6.52. The molecule has 34 heavy (non-hydrogen) atoms. The van der Waals surface area contributed by atoms with Gasteiger partial charge in [-0.1, -0.05) is 41.4 Å². The molecular formula is C25H18Cl2FNO5. The van der Waals surface area contributed by atoms with E-state index in [-0.39, 0.29) is 26.9 Å². The third kappa shape index (κ3) is 3.97. The molecule has 3 aromatic rings. The largest absolute Gasteiger partial charge is 0.507 e. The van der Waals surface area contributed by atoms with Gasteiger partial charge in [-0.15, -0.1) is 0 Å². The van der Waals surface area contributed by atoms with E-state index in [9.17, 15) is 19.1 Å². The Hall–Kier alpha value is -3.55. The van der Waals surface area contributed by atoms with E-state index in [0.29, 0.717) is 17.1 Å². The number of carbonyl (C=O) groups excluding carboxylic acids is 2. The van der Waals surface area contributed by atoms with Crippen LogP contribution in [0.1, 0.15) is 17.2 Å². The summed E-state index contributed by atoms with van der Waals surface area (Å²) in [6, 6.07) is 13.8. The standard InChI is InChI=1S/C25H18Cl2FNO5/c1-33-19-6-4-3-5-15(19)22-21(23(30)13-7-10-20(34-2)17(27)11-13)24(31)25(32)29(22)14-8-9-18(28)16(26)12-14/h3-12,22,30H,1-2H3/b23-21+. The number of benzene rings is 3. The number of methoxy groups -OCH3 is 2. The molecule has 174 valence electrons. The second-order valence-corrected chi connectivity index (χ2v) is 8.17. The number of hydrogen-bond donors (Lipinski definition) is 1. The summed E-state index contributed by atoms with van der Waals surface area (Å²) >= 11 is 12.2. The van der Waals surface area contributed by atoms with E-state index in [4.69, 9.17) is 32.7 Å². The Kier molecular flexibility index (Phi) is 6.50. The van der Waals surface area contributed by atoms with Gasteiger partial charge in [0.25, 0.3) is 11.7 Å². The summed E-state index contributed by atoms with van der Waals surface area (Å²) in [7, 11) is 2.89. The Morgan fingerprint density at radius 2 is 1.65 bits per heavy atom. The first kappa shape index (κ1) is 23.6. The zero-order chi connectivity index (χ0) is 24.6. The van der Waals surface area contributed by atoms with Crippen LogP contribution >= 0.6 is 23.2 Å². The molecule has 1 unspecified atom stereocenters. The predicted molar refractivity (Wildman–Crippen MR) is 127 cm³/mol. The van der Waals surface area contributed by atoms with Crippen molar-refractivity contribution in [3.05, 3.63) is 93.2 Å². The smallest absolute Gasteiger partial charge is 0.300 e. The number of anilines is 1. The Bertz CT molecular complexity index is 1340. The van der Waals surface area contributed by atoms with Crippen LogP contribution in [-0.4, -0.2) is 31.0 Å². The highest BCUT2D eigenvalue weighted by Gasteiger charge is 2.48. The zero-order valence-corrected chi connectivity index (χ0v) is 19.5. The fourth-order valence-corrected chi connectivity index (χ4v) is 4.32. The molecule has 9 heteroatoms. The minimum Gasteiger partial charge on any atom is -0.507 e. The lowest BCUT2D eigenvalue weighted by Crippen LogP contribution is -2.29. The van der Waals surface area contributed by atoms with Crippen molar-refractivity contribution >= 4 is 46.3 Å². The van der Waals surface area contributed by atoms with Crippen molar-refractivity contribution < 1.29 is 28.6 Å². The number of nitrogens with zero attached hydrogens (tertiary/aromatic N) is 1. The van der Waals surface area contributed by atoms with E-state index in [2.05, 4.69) is 0 Å². The van der Waals surface area contributed by atoms with Gasteiger partial charge in [-0.3, -0.25) is 14.5 Å². The summed E-state index contributed by atoms with van der Waals surface area (Å²) in [6.07, 6.45) is 0. The fraction of sp³-hybridized carbons (Fsp3) is 0.120. The summed E-state index contributed by atoms with van der Waals surface area (Å²) < 4.78 is 24.4. The first-order valence-electron chi connectivity index (χ1n) is 10.0. The van der Waals surface area contributed by atoms with Crippen LogP contribution in [0.15, 0.2) is 66.2 Å². The predicted octanol–water partition coefficient (Wildman–Crippen LogP) is 5.78. The number of rotatable bonds is 5. The van der Waals surface area contributed by atoms with Gasteiger partial charge >= 0.3 is 0 Å². The number of ketones is 1. The minimum atomic E-state index is -1.08. The van der Waals surface area contributed by atoms with Crippen LogP contribution in [0.3, 0.4) is 0 Å². The van der Waals surface area contributed by atoms with Crippen molar-refractivity contribution in [3.63, 3.8) is 0 Å². The van der Waals surface area contributed by atoms with E-state index >= 15 is 0 Å². The third-order valence-corrected chi connectivity index (χ3v) is 6.07. The Labute approximate surface area is 204 Å². The molecule has 1 fully saturated rings. The topological polar surface area (TPSA) is 76.1 Å². The zero-order valence-electron chi connectivity index (χ0n) is 18.0. The van der Waals surface area contributed by atoms with Gasteiger partial charge in [0.1, 0.15) is 23.1 Å². The molecular weight excluding hydrogens is 484 g/mol. The van der Waals surface area contributed by atoms with Gasteiger partial charge in [0.05, 0.1) is 35.9 Å². The van der Waals surface area contributed by atoms with E-state index in [1.54, 1.807) is 24.3 Å². The van der Waals surface area contributed by atoms with E-state index in [0.717, 1.165) is 11.0 Å². The molecule has 1 aliphatic heterocycles. The average Bonchev–Trinajstić information content (AvgIpc) is 3.10. The molecule has 1 N–H and O–H groups in total. The van der Waals surface area contributed by atoms with Gasteiger partial charge in [0.15, 0.2) is 0 Å². The van der Waals surface area contributed by atoms with Crippen LogP contribution < -0.4 is 14.4 Å². The first-order valence-corrected chi connectivity index (χ1v) is 10.8. The molecule has 6 nitrogen and oxygen atoms in total. The van der Waals surface area contributed by atoms with Gasteiger partial charge in [-0.25, -0.2) is 4.39 Å². The molecule has 0 radical (unpaired) electrons. The fourth-order valence-electron chi connectivity index (χ4n) is 3.89. The number of carbonyl (C=O) groups is 2. The molecule has 1 amide bonds. The van der Waals surface area contributed by atoms with Crippen molar-refractivity contribution in [2.24, 2.45) is 0 Å². The number of hydrogen-bond acceptors (Lipinski definition) is 5. The summed E-state index contributed by atoms with van der Waals surface area (Å²) in [5, 5.41) is 11.2. The number of aliphatic hydroxyl groups is 1. The average molecular weight is 502 g/mol. The van der Waals surface area contributed by atoms with Gasteiger partial charge in [-0.2, -0.15) is 0 Å². The third-order valence-electron chi connectivity index (χ3n) is 5.48. The molecule has 0 saturated carbocycles. The van der Waals surface area contributed by atoms with E-state index in [1.807, 2.05) is 0 Å². The number of aliphatic hydroxyl groups excluding tert-OH is 1. The summed E-state index contributed by atoms with van der Waals surface area (Å²) in [4.78, 5) is 27.6. The quantitative estimate of drug-likeness (QED) is 0.272. The molecule has 0 spiro atoms. The molecule has 1 aliphatic rings. The van der Waals surface area contributed by atoms with Crippen molar-refractivity contribution in [3.8, 4) is 11.5 Å². The number of para-hydroxylation sites is 1. The second-order valence-electron chi connectivity index (χ2n) is 7.36. The maximum Gasteiger partial charge on any atom is 0.300 e. The molecule has 0 bridgehead atoms. The molecule has 0 aliphatic carbocycles. The Morgan fingerprint density at radius 1 is 0.941 bits per heavy atom. The summed E-state index contributed by atoms with van der Waals surface area (Å²) in [6.45, 7) is 0. The highest BCUT2D eigenvalue weighted by Crippen LogP contribution is 2.45.